The van der Waals surface area contributed by atoms with Gasteiger partial charge in [-0.25, -0.2) is 0 Å². The second kappa shape index (κ2) is 5.41. The molecule has 6 nitrogen and oxygen atoms in total. The molecule has 0 aliphatic heterocycles. The van der Waals surface area contributed by atoms with E-state index in [2.05, 4.69) is 15.5 Å². The molecule has 0 aliphatic rings. The number of aromatic nitrogens is 4. The van der Waals surface area contributed by atoms with Crippen molar-refractivity contribution in [3.8, 4) is 22.8 Å². The molecule has 3 aromatic rings. The van der Waals surface area contributed by atoms with Crippen LogP contribution < -0.4 is 10.5 Å². The molecule has 3 rings (SSSR count). The Labute approximate surface area is 126 Å². The van der Waals surface area contributed by atoms with Crippen LogP contribution in [0.1, 0.15) is 0 Å². The smallest absolute Gasteiger partial charge is 0.190 e. The quantitative estimate of drug-likeness (QED) is 0.752. The SMILES string of the molecule is COc1cc(N)ccc1-c1nnnn1-c1ccccc1Cl. The van der Waals surface area contributed by atoms with E-state index in [0.717, 1.165) is 5.56 Å². The monoisotopic (exact) mass is 301 g/mol. The highest BCUT2D eigenvalue weighted by molar-refractivity contribution is 6.32. The lowest BCUT2D eigenvalue weighted by Gasteiger charge is -2.10. The van der Waals surface area contributed by atoms with Crippen molar-refractivity contribution in [3.05, 3.63) is 47.5 Å². The third-order valence-electron chi connectivity index (χ3n) is 3.02. The van der Waals surface area contributed by atoms with Gasteiger partial charge in [-0.15, -0.1) is 5.10 Å². The van der Waals surface area contributed by atoms with Crippen molar-refractivity contribution in [3.63, 3.8) is 0 Å². The molecule has 0 spiro atoms. The average molecular weight is 302 g/mol. The molecule has 2 N–H and O–H groups in total. The Kier molecular flexibility index (Phi) is 3.45. The molecule has 106 valence electrons. The van der Waals surface area contributed by atoms with Crippen molar-refractivity contribution in [2.75, 3.05) is 12.8 Å². The number of tetrazole rings is 1. The molecule has 0 amide bonds. The summed E-state index contributed by atoms with van der Waals surface area (Å²) in [5.74, 6) is 1.12. The van der Waals surface area contributed by atoms with Crippen molar-refractivity contribution >= 4 is 17.3 Å². The molecular weight excluding hydrogens is 290 g/mol. The summed E-state index contributed by atoms with van der Waals surface area (Å²) >= 11 is 6.21. The predicted molar refractivity (Wildman–Crippen MR) is 80.6 cm³/mol. The number of hydrogen-bond acceptors (Lipinski definition) is 5. The molecule has 0 unspecified atom stereocenters. The van der Waals surface area contributed by atoms with Crippen molar-refractivity contribution in [1.29, 1.82) is 0 Å². The van der Waals surface area contributed by atoms with E-state index in [4.69, 9.17) is 22.1 Å². The third-order valence-corrected chi connectivity index (χ3v) is 3.34. The van der Waals surface area contributed by atoms with E-state index in [0.29, 0.717) is 28.0 Å². The minimum absolute atomic E-state index is 0.528. The third kappa shape index (κ3) is 2.41. The number of ether oxygens (including phenoxy) is 1. The van der Waals surface area contributed by atoms with Gasteiger partial charge in [0.25, 0.3) is 0 Å². The van der Waals surface area contributed by atoms with Gasteiger partial charge in [0.15, 0.2) is 5.82 Å². The minimum atomic E-state index is 0.528. The maximum Gasteiger partial charge on any atom is 0.190 e. The fourth-order valence-electron chi connectivity index (χ4n) is 2.03. The number of hydrogen-bond donors (Lipinski definition) is 1. The van der Waals surface area contributed by atoms with Crippen molar-refractivity contribution in [2.24, 2.45) is 0 Å². The second-order valence-electron chi connectivity index (χ2n) is 4.33. The average Bonchev–Trinajstić information content (AvgIpc) is 2.96. The van der Waals surface area contributed by atoms with Crippen LogP contribution in [0.3, 0.4) is 0 Å². The van der Waals surface area contributed by atoms with Crippen LogP contribution in [-0.2, 0) is 0 Å². The van der Waals surface area contributed by atoms with Gasteiger partial charge in [-0.1, -0.05) is 23.7 Å². The summed E-state index contributed by atoms with van der Waals surface area (Å²) in [5.41, 5.74) is 7.80. The highest BCUT2D eigenvalue weighted by Gasteiger charge is 2.16. The number of nitrogens with zero attached hydrogens (tertiary/aromatic N) is 4. The second-order valence-corrected chi connectivity index (χ2v) is 4.73. The van der Waals surface area contributed by atoms with Gasteiger partial charge in [-0.3, -0.25) is 0 Å². The molecule has 0 fully saturated rings. The zero-order valence-corrected chi connectivity index (χ0v) is 11.9. The summed E-state index contributed by atoms with van der Waals surface area (Å²) in [7, 11) is 1.57. The van der Waals surface area contributed by atoms with Gasteiger partial charge in [-0.2, -0.15) is 4.68 Å². The number of rotatable bonds is 3. The van der Waals surface area contributed by atoms with E-state index in [-0.39, 0.29) is 0 Å². The van der Waals surface area contributed by atoms with Gasteiger partial charge in [0.2, 0.25) is 0 Å². The Morgan fingerprint density at radius 3 is 2.76 bits per heavy atom. The van der Waals surface area contributed by atoms with Crippen molar-refractivity contribution in [1.82, 2.24) is 20.2 Å². The molecular formula is C14H12ClN5O. The first-order valence-corrected chi connectivity index (χ1v) is 6.55. The Hall–Kier alpha value is -2.60. The summed E-state index contributed by atoms with van der Waals surface area (Å²) < 4.78 is 6.92. The maximum atomic E-state index is 6.21. The van der Waals surface area contributed by atoms with E-state index >= 15 is 0 Å². The van der Waals surface area contributed by atoms with Crippen molar-refractivity contribution < 1.29 is 4.74 Å². The summed E-state index contributed by atoms with van der Waals surface area (Å²) in [6, 6.07) is 12.6. The number of methoxy groups -OCH3 is 1. The zero-order chi connectivity index (χ0) is 14.8. The maximum absolute atomic E-state index is 6.21. The molecule has 21 heavy (non-hydrogen) atoms. The fraction of sp³-hybridized carbons (Fsp3) is 0.0714. The summed E-state index contributed by atoms with van der Waals surface area (Å²) in [5, 5.41) is 12.4. The van der Waals surface area contributed by atoms with Gasteiger partial charge in [0.05, 0.1) is 23.4 Å². The van der Waals surface area contributed by atoms with Crippen LogP contribution in [0, 0.1) is 0 Å². The van der Waals surface area contributed by atoms with Crippen LogP contribution in [0.5, 0.6) is 5.75 Å². The number of anilines is 1. The standard InChI is InChI=1S/C14H12ClN5O/c1-21-13-8-9(16)6-7-10(13)14-17-18-19-20(14)12-5-3-2-4-11(12)15/h2-8H,16H2,1H3. The largest absolute Gasteiger partial charge is 0.496 e. The van der Waals surface area contributed by atoms with E-state index in [1.54, 1.807) is 30.0 Å². The van der Waals surface area contributed by atoms with Gasteiger partial charge >= 0.3 is 0 Å². The number of para-hydroxylation sites is 1. The van der Waals surface area contributed by atoms with Gasteiger partial charge in [-0.05, 0) is 34.7 Å². The molecule has 1 heterocycles. The number of benzene rings is 2. The zero-order valence-electron chi connectivity index (χ0n) is 11.2. The summed E-state index contributed by atoms with van der Waals surface area (Å²) in [6.07, 6.45) is 0. The first kappa shape index (κ1) is 13.4. The Balaban J connectivity index is 2.18. The van der Waals surface area contributed by atoms with Crippen LogP contribution in [0.2, 0.25) is 5.02 Å². The number of nitrogens with two attached hydrogens (primary N) is 1. The molecule has 0 atom stereocenters. The molecule has 0 saturated carbocycles. The molecule has 7 heteroatoms. The Morgan fingerprint density at radius 1 is 1.19 bits per heavy atom. The molecule has 1 aromatic heterocycles. The predicted octanol–water partition coefficient (Wildman–Crippen LogP) is 2.57. The Bertz CT molecular complexity index is 787. The lowest BCUT2D eigenvalue weighted by Crippen LogP contribution is -2.02. The normalized spacial score (nSPS) is 10.6. The highest BCUT2D eigenvalue weighted by Crippen LogP contribution is 2.32. The molecule has 0 radical (unpaired) electrons. The molecule has 0 saturated heterocycles. The van der Waals surface area contributed by atoms with E-state index in [1.165, 1.54) is 0 Å². The van der Waals surface area contributed by atoms with E-state index in [9.17, 15) is 0 Å². The van der Waals surface area contributed by atoms with Crippen LogP contribution in [0.4, 0.5) is 5.69 Å². The first-order valence-electron chi connectivity index (χ1n) is 6.18. The molecule has 0 bridgehead atoms. The number of halogens is 1. The lowest BCUT2D eigenvalue weighted by molar-refractivity contribution is 0.416. The van der Waals surface area contributed by atoms with Crippen LogP contribution in [0.25, 0.3) is 17.1 Å². The van der Waals surface area contributed by atoms with Crippen LogP contribution >= 0.6 is 11.6 Å². The number of nitrogen functional groups attached to an aromatic ring is 1. The molecule has 0 aliphatic carbocycles. The van der Waals surface area contributed by atoms with E-state index in [1.807, 2.05) is 24.3 Å². The molecule has 2 aromatic carbocycles. The highest BCUT2D eigenvalue weighted by atomic mass is 35.5. The van der Waals surface area contributed by atoms with Crippen LogP contribution in [-0.4, -0.2) is 27.3 Å². The lowest BCUT2D eigenvalue weighted by atomic mass is 10.1. The van der Waals surface area contributed by atoms with Gasteiger partial charge < -0.3 is 10.5 Å². The fourth-order valence-corrected chi connectivity index (χ4v) is 2.25. The first-order chi connectivity index (χ1) is 10.2. The van der Waals surface area contributed by atoms with Gasteiger partial charge in [0.1, 0.15) is 5.75 Å². The van der Waals surface area contributed by atoms with E-state index < -0.39 is 0 Å². The van der Waals surface area contributed by atoms with Crippen molar-refractivity contribution in [2.45, 2.75) is 0 Å². The van der Waals surface area contributed by atoms with Gasteiger partial charge in [0, 0.05) is 11.8 Å². The topological polar surface area (TPSA) is 78.8 Å². The summed E-state index contributed by atoms with van der Waals surface area (Å²) in [4.78, 5) is 0. The Morgan fingerprint density at radius 2 is 2.00 bits per heavy atom. The minimum Gasteiger partial charge on any atom is -0.496 e. The van der Waals surface area contributed by atoms with Crippen LogP contribution in [0.15, 0.2) is 42.5 Å². The summed E-state index contributed by atoms with van der Waals surface area (Å²) in [6.45, 7) is 0.